The molecule has 0 saturated carbocycles. The number of rotatable bonds is 12. The van der Waals surface area contributed by atoms with Gasteiger partial charge >= 0.3 is 0 Å². The van der Waals surface area contributed by atoms with Crippen molar-refractivity contribution in [3.63, 3.8) is 0 Å². The fourth-order valence-corrected chi connectivity index (χ4v) is 4.95. The summed E-state index contributed by atoms with van der Waals surface area (Å²) in [5, 5.41) is 12.7. The van der Waals surface area contributed by atoms with Gasteiger partial charge in [-0.15, -0.1) is 0 Å². The second-order valence-corrected chi connectivity index (χ2v) is 10.4. The fraction of sp³-hybridized carbons (Fsp3) is 0.375. The van der Waals surface area contributed by atoms with Gasteiger partial charge in [0.1, 0.15) is 5.75 Å². The number of aromatic nitrogens is 1. The molecule has 0 radical (unpaired) electrons. The van der Waals surface area contributed by atoms with Crippen molar-refractivity contribution >= 4 is 5.91 Å². The van der Waals surface area contributed by atoms with Crippen LogP contribution in [-0.4, -0.2) is 46.3 Å². The van der Waals surface area contributed by atoms with Crippen LogP contribution in [0.5, 0.6) is 5.75 Å². The summed E-state index contributed by atoms with van der Waals surface area (Å²) < 4.78 is 5.86. The van der Waals surface area contributed by atoms with E-state index in [0.717, 1.165) is 40.8 Å². The Bertz CT molecular complexity index is 1220. The molecule has 206 valence electrons. The number of nitrogens with one attached hydrogen (secondary N) is 1. The van der Waals surface area contributed by atoms with Crippen molar-refractivity contribution in [3.8, 4) is 17.0 Å². The van der Waals surface area contributed by atoms with Crippen LogP contribution >= 0.6 is 0 Å². The zero-order valence-corrected chi connectivity index (χ0v) is 23.0. The molecule has 1 amide bonds. The summed E-state index contributed by atoms with van der Waals surface area (Å²) >= 11 is 0. The van der Waals surface area contributed by atoms with E-state index < -0.39 is 12.1 Å². The lowest BCUT2D eigenvalue weighted by molar-refractivity contribution is -0.129. The maximum Gasteiger partial charge on any atom is 0.272 e. The molecule has 0 spiro atoms. The monoisotopic (exact) mass is 528 g/mol. The molecule has 1 heterocycles. The van der Waals surface area contributed by atoms with Gasteiger partial charge in [0.05, 0.1) is 11.8 Å². The summed E-state index contributed by atoms with van der Waals surface area (Å²) in [6, 6.07) is 19.3. The Kier molecular flexibility index (Phi) is 10.3. The third-order valence-electron chi connectivity index (χ3n) is 7.11. The van der Waals surface area contributed by atoms with Crippen molar-refractivity contribution in [1.29, 1.82) is 0 Å². The van der Waals surface area contributed by atoms with E-state index in [1.54, 1.807) is 11.2 Å². The Labute approximate surface area is 231 Å². The highest BCUT2D eigenvalue weighted by Crippen LogP contribution is 2.23. The number of amides is 1. The van der Waals surface area contributed by atoms with Gasteiger partial charge in [0, 0.05) is 30.9 Å². The Morgan fingerprint density at radius 3 is 2.51 bits per heavy atom. The molecule has 39 heavy (non-hydrogen) atoms. The molecule has 3 aromatic rings. The molecule has 0 aliphatic heterocycles. The van der Waals surface area contributed by atoms with Crippen LogP contribution in [0.4, 0.5) is 0 Å². The van der Waals surface area contributed by atoms with Crippen molar-refractivity contribution in [2.45, 2.75) is 64.6 Å². The zero-order valence-electron chi connectivity index (χ0n) is 23.0. The number of hydrogen-bond acceptors (Lipinski definition) is 6. The number of hydrazine groups is 1. The van der Waals surface area contributed by atoms with Crippen molar-refractivity contribution in [3.05, 3.63) is 95.2 Å². The number of para-hydroxylation sites is 1. The second kappa shape index (κ2) is 14.0. The molecule has 0 saturated heterocycles. The van der Waals surface area contributed by atoms with Crippen LogP contribution in [0.25, 0.3) is 11.3 Å². The van der Waals surface area contributed by atoms with Crippen LogP contribution < -0.4 is 15.9 Å². The molecule has 2 atom stereocenters. The Morgan fingerprint density at radius 1 is 1.08 bits per heavy atom. The topological polar surface area (TPSA) is 101 Å². The van der Waals surface area contributed by atoms with E-state index in [1.165, 1.54) is 18.4 Å². The number of nitrogens with zero attached hydrogens (tertiary/aromatic N) is 2. The maximum atomic E-state index is 12.9. The second-order valence-electron chi connectivity index (χ2n) is 10.4. The number of ether oxygens (including phenoxy) is 1. The Morgan fingerprint density at radius 2 is 1.85 bits per heavy atom. The fourth-order valence-electron chi connectivity index (χ4n) is 4.95. The number of aryl methyl sites for hydroxylation is 2. The molecular formula is C32H40N4O3. The van der Waals surface area contributed by atoms with Gasteiger partial charge in [0.25, 0.3) is 5.91 Å². The highest BCUT2D eigenvalue weighted by molar-refractivity contribution is 5.77. The standard InChI is InChI=1S/C32H40N4O3/c1-23-9-8-10-24(2)32(23)39-22-31(38)35-36(21-30(37)28(33)19-25-11-4-3-5-12-25)20-26-14-16-27(17-15-26)29-13-6-7-18-34-29/h6-11,13-18,28,30,37H,3-5,12,19-22,33H2,1-2H3,(H,35,38). The van der Waals surface area contributed by atoms with Gasteiger partial charge in [0.2, 0.25) is 0 Å². The molecule has 2 unspecified atom stereocenters. The minimum absolute atomic E-state index is 0.129. The van der Waals surface area contributed by atoms with Crippen LogP contribution in [0, 0.1) is 13.8 Å². The third-order valence-corrected chi connectivity index (χ3v) is 7.11. The summed E-state index contributed by atoms with van der Waals surface area (Å²) in [4.78, 5) is 17.3. The van der Waals surface area contributed by atoms with Crippen LogP contribution in [-0.2, 0) is 11.3 Å². The van der Waals surface area contributed by atoms with Crippen molar-refractivity contribution < 1.29 is 14.6 Å². The van der Waals surface area contributed by atoms with E-state index in [2.05, 4.69) is 16.5 Å². The number of carbonyl (C=O) groups is 1. The number of aliphatic hydroxyl groups is 1. The maximum absolute atomic E-state index is 12.9. The van der Waals surface area contributed by atoms with Crippen molar-refractivity contribution in [2.75, 3.05) is 13.2 Å². The van der Waals surface area contributed by atoms with Gasteiger partial charge in [-0.3, -0.25) is 15.2 Å². The summed E-state index contributed by atoms with van der Waals surface area (Å²) in [5.74, 6) is 0.422. The van der Waals surface area contributed by atoms with Gasteiger partial charge in [-0.05, 0) is 74.8 Å². The molecule has 4 N–H and O–H groups in total. The van der Waals surface area contributed by atoms with Crippen LogP contribution in [0.2, 0.25) is 0 Å². The number of carbonyl (C=O) groups excluding carboxylic acids is 1. The van der Waals surface area contributed by atoms with Gasteiger partial charge in [-0.25, -0.2) is 5.01 Å². The number of nitrogens with two attached hydrogens (primary N) is 1. The lowest BCUT2D eigenvalue weighted by Crippen LogP contribution is -2.51. The van der Waals surface area contributed by atoms with Crippen molar-refractivity contribution in [2.24, 2.45) is 5.73 Å². The van der Waals surface area contributed by atoms with E-state index in [-0.39, 0.29) is 19.1 Å². The molecule has 0 bridgehead atoms. The van der Waals surface area contributed by atoms with E-state index in [4.69, 9.17) is 10.5 Å². The Hall–Kier alpha value is -3.52. The molecule has 1 aromatic heterocycles. The highest BCUT2D eigenvalue weighted by atomic mass is 16.5. The molecule has 2 aromatic carbocycles. The van der Waals surface area contributed by atoms with E-state index in [9.17, 15) is 9.90 Å². The number of pyridine rings is 1. The number of aliphatic hydroxyl groups excluding tert-OH is 1. The summed E-state index contributed by atoms with van der Waals surface area (Å²) in [6.45, 7) is 4.40. The number of allylic oxidation sites excluding steroid dienone is 1. The zero-order chi connectivity index (χ0) is 27.6. The molecule has 1 aliphatic rings. The predicted molar refractivity (Wildman–Crippen MR) is 155 cm³/mol. The van der Waals surface area contributed by atoms with Crippen LogP contribution in [0.3, 0.4) is 0 Å². The lowest BCUT2D eigenvalue weighted by atomic mass is 9.93. The minimum atomic E-state index is -0.805. The largest absolute Gasteiger partial charge is 0.483 e. The molecule has 4 rings (SSSR count). The summed E-state index contributed by atoms with van der Waals surface area (Å²) in [6.07, 6.45) is 8.39. The van der Waals surface area contributed by atoms with E-state index in [0.29, 0.717) is 18.7 Å². The molecule has 0 fully saturated rings. The summed E-state index contributed by atoms with van der Waals surface area (Å²) in [7, 11) is 0. The number of hydrogen-bond donors (Lipinski definition) is 3. The van der Waals surface area contributed by atoms with Crippen molar-refractivity contribution in [1.82, 2.24) is 15.4 Å². The normalized spacial score (nSPS) is 14.9. The molecule has 7 heteroatoms. The average molecular weight is 529 g/mol. The molecule has 1 aliphatic carbocycles. The first-order valence-corrected chi connectivity index (χ1v) is 13.7. The van der Waals surface area contributed by atoms with Gasteiger partial charge in [0.15, 0.2) is 6.61 Å². The smallest absolute Gasteiger partial charge is 0.272 e. The number of benzene rings is 2. The highest BCUT2D eigenvalue weighted by Gasteiger charge is 2.22. The van der Waals surface area contributed by atoms with Crippen LogP contribution in [0.15, 0.2) is 78.5 Å². The van der Waals surface area contributed by atoms with E-state index >= 15 is 0 Å². The Balaban J connectivity index is 1.42. The van der Waals surface area contributed by atoms with Gasteiger partial charge in [-0.1, -0.05) is 60.2 Å². The SMILES string of the molecule is Cc1cccc(C)c1OCC(=O)NN(Cc1ccc(-c2ccccn2)cc1)CC(O)C(N)CC1=CCCCC1. The van der Waals surface area contributed by atoms with E-state index in [1.807, 2.05) is 74.5 Å². The average Bonchev–Trinajstić information content (AvgIpc) is 2.94. The van der Waals surface area contributed by atoms with Gasteiger partial charge in [-0.2, -0.15) is 0 Å². The third kappa shape index (κ3) is 8.48. The van der Waals surface area contributed by atoms with Crippen LogP contribution in [0.1, 0.15) is 48.8 Å². The first-order valence-electron chi connectivity index (χ1n) is 13.7. The summed E-state index contributed by atoms with van der Waals surface area (Å²) in [5.41, 5.74) is 15.5. The predicted octanol–water partition coefficient (Wildman–Crippen LogP) is 4.86. The molecular weight excluding hydrogens is 488 g/mol. The first-order chi connectivity index (χ1) is 18.9. The minimum Gasteiger partial charge on any atom is -0.483 e. The molecule has 7 nitrogen and oxygen atoms in total. The van der Waals surface area contributed by atoms with Gasteiger partial charge < -0.3 is 15.6 Å². The lowest BCUT2D eigenvalue weighted by Gasteiger charge is -2.29. The quantitative estimate of drug-likeness (QED) is 0.229. The first kappa shape index (κ1) is 28.5.